The maximum atomic E-state index is 12.5. The molecule has 0 bridgehead atoms. The van der Waals surface area contributed by atoms with Crippen molar-refractivity contribution >= 4 is 16.3 Å². The molecule has 1 saturated heterocycles. The first-order valence-corrected chi connectivity index (χ1v) is 6.80. The third-order valence-electron chi connectivity index (χ3n) is 2.71. The number of carbonyl (C=O) groups is 1. The summed E-state index contributed by atoms with van der Waals surface area (Å²) < 4.78 is 38.5. The number of benzene rings is 1. The monoisotopic (exact) mass is 273 g/mol. The Labute approximate surface area is 104 Å². The van der Waals surface area contributed by atoms with Crippen LogP contribution in [0, 0.1) is 0 Å². The van der Waals surface area contributed by atoms with Crippen LogP contribution in [0.2, 0.25) is 0 Å². The van der Waals surface area contributed by atoms with Crippen molar-refractivity contribution in [2.45, 2.75) is 11.9 Å². The van der Waals surface area contributed by atoms with Gasteiger partial charge in [-0.05, 0) is 5.56 Å². The number of hydrogen-bond acceptors (Lipinski definition) is 4. The number of halogens is 1. The Morgan fingerprint density at radius 3 is 2.50 bits per heavy atom. The SMILES string of the molecule is O=C(OCc1ccccc1)N1CC(S(=O)(=O)F)C1. The number of likely N-dealkylation sites (tertiary alicyclic amines) is 1. The van der Waals surface area contributed by atoms with E-state index in [-0.39, 0.29) is 19.7 Å². The Morgan fingerprint density at radius 1 is 1.33 bits per heavy atom. The highest BCUT2D eigenvalue weighted by Crippen LogP contribution is 2.18. The van der Waals surface area contributed by atoms with E-state index in [0.29, 0.717) is 0 Å². The van der Waals surface area contributed by atoms with E-state index in [9.17, 15) is 17.1 Å². The Hall–Kier alpha value is -1.63. The van der Waals surface area contributed by atoms with Crippen molar-refractivity contribution in [3.05, 3.63) is 35.9 Å². The highest BCUT2D eigenvalue weighted by molar-refractivity contribution is 7.87. The number of ether oxygens (including phenoxy) is 1. The van der Waals surface area contributed by atoms with Crippen LogP contribution in [-0.2, 0) is 21.6 Å². The average molecular weight is 273 g/mol. The lowest BCUT2D eigenvalue weighted by Gasteiger charge is -2.35. The molecule has 98 valence electrons. The molecule has 0 atom stereocenters. The maximum absolute atomic E-state index is 12.5. The van der Waals surface area contributed by atoms with Gasteiger partial charge in [0.05, 0.1) is 0 Å². The molecule has 7 heteroatoms. The number of rotatable bonds is 3. The molecule has 0 N–H and O–H groups in total. The van der Waals surface area contributed by atoms with Gasteiger partial charge in [-0.25, -0.2) is 4.79 Å². The van der Waals surface area contributed by atoms with Crippen LogP contribution in [0.25, 0.3) is 0 Å². The van der Waals surface area contributed by atoms with E-state index < -0.39 is 21.6 Å². The molecule has 0 radical (unpaired) electrons. The van der Waals surface area contributed by atoms with Gasteiger partial charge in [0, 0.05) is 13.1 Å². The van der Waals surface area contributed by atoms with Crippen LogP contribution in [0.3, 0.4) is 0 Å². The van der Waals surface area contributed by atoms with E-state index in [1.165, 1.54) is 0 Å². The van der Waals surface area contributed by atoms with Crippen molar-refractivity contribution in [3.63, 3.8) is 0 Å². The molecular formula is C11H12FNO4S. The van der Waals surface area contributed by atoms with Crippen molar-refractivity contribution in [2.75, 3.05) is 13.1 Å². The molecule has 1 aromatic carbocycles. The third-order valence-corrected chi connectivity index (χ3v) is 3.80. The summed E-state index contributed by atoms with van der Waals surface area (Å²) in [5.41, 5.74) is 0.834. The Morgan fingerprint density at radius 2 is 1.94 bits per heavy atom. The number of carbonyl (C=O) groups excluding carboxylic acids is 1. The first kappa shape index (κ1) is 12.8. The van der Waals surface area contributed by atoms with E-state index in [2.05, 4.69) is 0 Å². The van der Waals surface area contributed by atoms with Gasteiger partial charge in [0.15, 0.2) is 0 Å². The molecule has 1 amide bonds. The summed E-state index contributed by atoms with van der Waals surface area (Å²) in [5.74, 6) is 0. The van der Waals surface area contributed by atoms with Gasteiger partial charge < -0.3 is 9.64 Å². The zero-order chi connectivity index (χ0) is 13.2. The van der Waals surface area contributed by atoms with Gasteiger partial charge in [-0.2, -0.15) is 8.42 Å². The minimum atomic E-state index is -4.55. The average Bonchev–Trinajstić information content (AvgIpc) is 2.24. The highest BCUT2D eigenvalue weighted by atomic mass is 32.3. The van der Waals surface area contributed by atoms with Crippen LogP contribution in [0.15, 0.2) is 30.3 Å². The predicted molar refractivity (Wildman–Crippen MR) is 62.0 cm³/mol. The molecule has 18 heavy (non-hydrogen) atoms. The van der Waals surface area contributed by atoms with Gasteiger partial charge in [-0.15, -0.1) is 3.89 Å². The summed E-state index contributed by atoms with van der Waals surface area (Å²) in [5, 5.41) is -1.11. The quantitative estimate of drug-likeness (QED) is 0.779. The van der Waals surface area contributed by atoms with Gasteiger partial charge in [0.25, 0.3) is 0 Å². The van der Waals surface area contributed by atoms with Crippen LogP contribution in [0.1, 0.15) is 5.56 Å². The first-order chi connectivity index (χ1) is 8.47. The number of nitrogens with zero attached hydrogens (tertiary/aromatic N) is 1. The third kappa shape index (κ3) is 2.98. The standard InChI is InChI=1S/C11H12FNO4S/c12-18(15,16)10-6-13(7-10)11(14)17-8-9-4-2-1-3-5-9/h1-5,10H,6-8H2. The van der Waals surface area contributed by atoms with Gasteiger partial charge in [-0.3, -0.25) is 0 Å². The first-order valence-electron chi connectivity index (χ1n) is 5.36. The fraction of sp³-hybridized carbons (Fsp3) is 0.364. The topological polar surface area (TPSA) is 63.7 Å². The van der Waals surface area contributed by atoms with E-state index in [1.54, 1.807) is 12.1 Å². The summed E-state index contributed by atoms with van der Waals surface area (Å²) in [6.07, 6.45) is -0.626. The summed E-state index contributed by atoms with van der Waals surface area (Å²) in [7, 11) is -4.55. The predicted octanol–water partition coefficient (Wildman–Crippen LogP) is 1.31. The molecule has 1 aliphatic heterocycles. The Kier molecular flexibility index (Phi) is 3.51. The van der Waals surface area contributed by atoms with Crippen LogP contribution in [0.4, 0.5) is 8.68 Å². The largest absolute Gasteiger partial charge is 0.445 e. The summed E-state index contributed by atoms with van der Waals surface area (Å²) in [6.45, 7) is -0.178. The van der Waals surface area contributed by atoms with Crippen LogP contribution >= 0.6 is 0 Å². The van der Waals surface area contributed by atoms with Gasteiger partial charge in [0.2, 0.25) is 0 Å². The molecule has 2 rings (SSSR count). The molecule has 0 spiro atoms. The second-order valence-electron chi connectivity index (χ2n) is 4.04. The molecular weight excluding hydrogens is 261 g/mol. The van der Waals surface area contributed by atoms with Crippen molar-refractivity contribution in [2.24, 2.45) is 0 Å². The van der Waals surface area contributed by atoms with Crippen LogP contribution in [0.5, 0.6) is 0 Å². The second-order valence-corrected chi connectivity index (χ2v) is 5.66. The molecule has 1 aliphatic rings. The Bertz CT molecular complexity index is 525. The van der Waals surface area contributed by atoms with Crippen LogP contribution < -0.4 is 0 Å². The van der Waals surface area contributed by atoms with Crippen LogP contribution in [-0.4, -0.2) is 37.8 Å². The maximum Gasteiger partial charge on any atom is 0.410 e. The second kappa shape index (κ2) is 4.93. The molecule has 0 aromatic heterocycles. The van der Waals surface area contributed by atoms with Crippen molar-refractivity contribution in [1.82, 2.24) is 4.90 Å². The lowest BCUT2D eigenvalue weighted by molar-refractivity contribution is 0.0763. The summed E-state index contributed by atoms with van der Waals surface area (Å²) >= 11 is 0. The Balaban J connectivity index is 1.78. The van der Waals surface area contributed by atoms with Gasteiger partial charge in [-0.1, -0.05) is 30.3 Å². The summed E-state index contributed by atoms with van der Waals surface area (Å²) in [6, 6.07) is 9.09. The van der Waals surface area contributed by atoms with Gasteiger partial charge >= 0.3 is 16.3 Å². The highest BCUT2D eigenvalue weighted by Gasteiger charge is 2.40. The van der Waals surface area contributed by atoms with Crippen molar-refractivity contribution in [3.8, 4) is 0 Å². The smallest absolute Gasteiger partial charge is 0.410 e. The molecule has 0 unspecified atom stereocenters. The molecule has 1 aromatic rings. The zero-order valence-corrected chi connectivity index (χ0v) is 10.3. The minimum Gasteiger partial charge on any atom is -0.445 e. The number of amides is 1. The number of hydrogen-bond donors (Lipinski definition) is 0. The lowest BCUT2D eigenvalue weighted by Crippen LogP contribution is -2.56. The lowest BCUT2D eigenvalue weighted by atomic mass is 10.2. The fourth-order valence-electron chi connectivity index (χ4n) is 1.58. The molecule has 1 fully saturated rings. The minimum absolute atomic E-state index is 0.114. The molecule has 0 aliphatic carbocycles. The normalized spacial score (nSPS) is 16.2. The van der Waals surface area contributed by atoms with Gasteiger partial charge in [0.1, 0.15) is 11.9 Å². The molecule has 1 heterocycles. The van der Waals surface area contributed by atoms with E-state index in [0.717, 1.165) is 10.5 Å². The van der Waals surface area contributed by atoms with Crippen molar-refractivity contribution in [1.29, 1.82) is 0 Å². The fourth-order valence-corrected chi connectivity index (χ4v) is 2.29. The van der Waals surface area contributed by atoms with Crippen molar-refractivity contribution < 1.29 is 21.8 Å². The zero-order valence-electron chi connectivity index (χ0n) is 9.45. The molecule has 5 nitrogen and oxygen atoms in total. The van der Waals surface area contributed by atoms with E-state index >= 15 is 0 Å². The molecule has 0 saturated carbocycles. The van der Waals surface area contributed by atoms with E-state index in [1.807, 2.05) is 18.2 Å². The summed E-state index contributed by atoms with van der Waals surface area (Å²) in [4.78, 5) is 12.6. The van der Waals surface area contributed by atoms with E-state index in [4.69, 9.17) is 4.74 Å².